The number of imide groups is 2. The number of fused-ring (bicyclic) bond motifs is 6. The number of unbranched alkanes of at least 4 members (excludes halogenated alkanes) is 4. The molecule has 2 bridgehead atoms. The summed E-state index contributed by atoms with van der Waals surface area (Å²) < 4.78 is 45.1. The van der Waals surface area contributed by atoms with Crippen molar-refractivity contribution < 1.29 is 47.3 Å². The van der Waals surface area contributed by atoms with Gasteiger partial charge in [0.25, 0.3) is 11.8 Å². The fraction of sp³-hybridized carbons (Fsp3) is 0.429. The molecule has 11 rings (SSSR count). The van der Waals surface area contributed by atoms with Gasteiger partial charge in [0.05, 0.1) is 39.9 Å². The Hall–Kier alpha value is -7.40. The molecule has 75 heavy (non-hydrogen) atoms. The zero-order valence-electron chi connectivity index (χ0n) is 41.4. The summed E-state index contributed by atoms with van der Waals surface area (Å²) in [6, 6.07) is 9.68. The van der Waals surface area contributed by atoms with Gasteiger partial charge in [-0.3, -0.25) is 44.1 Å². The van der Waals surface area contributed by atoms with Crippen LogP contribution in [0.3, 0.4) is 0 Å². The van der Waals surface area contributed by atoms with Crippen molar-refractivity contribution in [3.8, 4) is 35.4 Å². The van der Waals surface area contributed by atoms with Crippen molar-refractivity contribution in [3.05, 3.63) is 89.1 Å². The molecular weight excluding hydrogens is 965 g/mol. The average molecular weight is 1020 g/mol. The Balaban J connectivity index is 0.693. The molecule has 0 spiro atoms. The Bertz CT molecular complexity index is 3240. The molecule has 5 aromatic rings. The lowest BCUT2D eigenvalue weighted by Crippen LogP contribution is -2.54. The van der Waals surface area contributed by atoms with Crippen LogP contribution in [0.4, 0.5) is 20.3 Å². The Morgan fingerprint density at radius 2 is 1.77 bits per heavy atom. The van der Waals surface area contributed by atoms with Crippen LogP contribution in [0.2, 0.25) is 0 Å². The number of aromatic nitrogens is 3. The number of anilines is 2. The van der Waals surface area contributed by atoms with E-state index in [9.17, 15) is 29.1 Å². The van der Waals surface area contributed by atoms with Crippen LogP contribution >= 0.6 is 0 Å². The molecule has 5 fully saturated rings. The molecule has 6 aliphatic heterocycles. The third-order valence-electron chi connectivity index (χ3n) is 15.8. The second-order valence-electron chi connectivity index (χ2n) is 20.8. The number of hydrogen-bond acceptors (Lipinski definition) is 14. The van der Waals surface area contributed by atoms with E-state index in [0.29, 0.717) is 55.9 Å². The lowest BCUT2D eigenvalue weighted by atomic mass is 9.94. The molecule has 0 radical (unpaired) electrons. The van der Waals surface area contributed by atoms with Gasteiger partial charge >= 0.3 is 6.01 Å². The van der Waals surface area contributed by atoms with Crippen molar-refractivity contribution in [2.75, 3.05) is 49.7 Å². The van der Waals surface area contributed by atoms with Crippen molar-refractivity contribution in [2.24, 2.45) is 0 Å². The van der Waals surface area contributed by atoms with Gasteiger partial charge in [-0.2, -0.15) is 9.97 Å². The Kier molecular flexibility index (Phi) is 13.5. The first kappa shape index (κ1) is 49.8. The molecule has 6 aliphatic rings. The summed E-state index contributed by atoms with van der Waals surface area (Å²) in [5, 5.41) is 20.4. The van der Waals surface area contributed by atoms with Crippen LogP contribution in [0.1, 0.15) is 110 Å². The van der Waals surface area contributed by atoms with Crippen molar-refractivity contribution in [2.45, 2.75) is 113 Å². The lowest BCUT2D eigenvalue weighted by Gasteiger charge is -2.35. The van der Waals surface area contributed by atoms with Crippen molar-refractivity contribution in [1.82, 2.24) is 35.4 Å². The number of aromatic hydroxyl groups is 1. The number of hydrogen-bond donors (Lipinski definition) is 4. The third kappa shape index (κ3) is 9.44. The maximum Gasteiger partial charge on any atom is 0.319 e. The third-order valence-corrected chi connectivity index (χ3v) is 15.8. The minimum absolute atomic E-state index is 0.0125. The second-order valence-corrected chi connectivity index (χ2v) is 20.8. The number of carbonyl (C=O) groups is 5. The number of rotatable bonds is 17. The van der Waals surface area contributed by atoms with E-state index in [4.69, 9.17) is 25.9 Å². The maximum absolute atomic E-state index is 17.2. The van der Waals surface area contributed by atoms with Crippen LogP contribution in [0.5, 0.6) is 11.8 Å². The van der Waals surface area contributed by atoms with Crippen LogP contribution in [0.25, 0.3) is 32.9 Å². The Morgan fingerprint density at radius 1 is 0.973 bits per heavy atom. The highest BCUT2D eigenvalue weighted by Crippen LogP contribution is 2.45. The molecule has 17 nitrogen and oxygen atoms in total. The zero-order chi connectivity index (χ0) is 52.1. The smallest absolute Gasteiger partial charge is 0.319 e. The number of ether oxygens (including phenoxy) is 2. The number of piperidine rings is 1. The van der Waals surface area contributed by atoms with Crippen LogP contribution in [-0.2, 0) is 19.1 Å². The van der Waals surface area contributed by atoms with E-state index in [-0.39, 0.29) is 112 Å². The first-order chi connectivity index (χ1) is 36.3. The summed E-state index contributed by atoms with van der Waals surface area (Å²) >= 11 is 0. The fourth-order valence-corrected chi connectivity index (χ4v) is 12.3. The summed E-state index contributed by atoms with van der Waals surface area (Å²) in [7, 11) is 0. The van der Waals surface area contributed by atoms with Crippen LogP contribution in [0, 0.1) is 24.0 Å². The normalized spacial score (nSPS) is 23.3. The van der Waals surface area contributed by atoms with E-state index in [1.807, 2.05) is 0 Å². The van der Waals surface area contributed by atoms with Gasteiger partial charge in [-0.05, 0) is 87.1 Å². The number of nitrogens with one attached hydrogen (secondary N) is 3. The number of pyridine rings is 1. The fourth-order valence-electron chi connectivity index (χ4n) is 12.3. The van der Waals surface area contributed by atoms with Crippen molar-refractivity contribution in [3.63, 3.8) is 0 Å². The molecule has 5 unspecified atom stereocenters. The highest BCUT2D eigenvalue weighted by Gasteiger charge is 2.51. The predicted molar refractivity (Wildman–Crippen MR) is 274 cm³/mol. The molecule has 0 saturated carbocycles. The lowest BCUT2D eigenvalue weighted by molar-refractivity contribution is -0.136. The van der Waals surface area contributed by atoms with Crippen LogP contribution < -0.4 is 25.6 Å². The summed E-state index contributed by atoms with van der Waals surface area (Å²) in [4.78, 5) is 83.4. The van der Waals surface area contributed by atoms with Crippen LogP contribution in [0.15, 0.2) is 60.8 Å². The van der Waals surface area contributed by atoms with Gasteiger partial charge in [-0.15, -0.1) is 6.42 Å². The summed E-state index contributed by atoms with van der Waals surface area (Å²) in [5.74, 6) is -1.42. The van der Waals surface area contributed by atoms with Gasteiger partial charge in [-0.1, -0.05) is 49.5 Å². The minimum Gasteiger partial charge on any atom is -0.508 e. The van der Waals surface area contributed by atoms with E-state index in [2.05, 4.69) is 43.2 Å². The molecule has 0 aliphatic carbocycles. The van der Waals surface area contributed by atoms with E-state index in [1.165, 1.54) is 36.5 Å². The number of piperazine rings is 1. The first-order valence-corrected chi connectivity index (χ1v) is 25.9. The number of nitrogens with zero attached hydrogens (tertiary/aromatic N) is 6. The molecule has 5 atom stereocenters. The van der Waals surface area contributed by atoms with E-state index in [0.717, 1.165) is 68.3 Å². The van der Waals surface area contributed by atoms with Crippen molar-refractivity contribution >= 4 is 62.7 Å². The highest BCUT2D eigenvalue weighted by molar-refractivity contribution is 6.26. The quantitative estimate of drug-likeness (QED) is 0.0331. The molecule has 388 valence electrons. The van der Waals surface area contributed by atoms with Gasteiger partial charge in [0.2, 0.25) is 17.7 Å². The van der Waals surface area contributed by atoms with E-state index >= 15 is 8.78 Å². The number of benzene rings is 3. The Morgan fingerprint density at radius 3 is 2.57 bits per heavy atom. The molecule has 19 heteroatoms. The minimum atomic E-state index is -1.10. The number of carbonyl (C=O) groups excluding carboxylic acids is 5. The molecule has 2 aromatic heterocycles. The number of amides is 5. The molecule has 3 aromatic carbocycles. The van der Waals surface area contributed by atoms with Gasteiger partial charge < -0.3 is 30.1 Å². The molecule has 8 heterocycles. The summed E-state index contributed by atoms with van der Waals surface area (Å²) in [6.07, 6.45) is 16.2. The number of phenolic OH excluding ortho intramolecular Hbond substituents is 1. The molecule has 4 N–H and O–H groups in total. The van der Waals surface area contributed by atoms with E-state index < -0.39 is 41.3 Å². The summed E-state index contributed by atoms with van der Waals surface area (Å²) in [6.45, 7) is 7.74. The standard InChI is InChI=1S/C56H57F2N9O8/c1-3-37-41(57)16-13-32-22-36(68)23-39(46(32)37)49-48(58)50-40(25-59-49)51(65-27-33-14-15-34(28-65)60-33)64-55(63-50)75-30-56-20-19-35(66(56)26-31(2)24-56)29-74-21-8-6-4-5-7-12-44(69)61-42-11-9-10-38-47(42)54(73)67(53(38)72)43-17-18-45(70)62-52(43)71/h1,9-11,13,16,22-23,25,33-35,43,60,68H,2,4-8,12,14-15,17-21,24,26-30H2,(H,61,69)(H,62,70,71). The maximum atomic E-state index is 17.2. The number of terminal acetylenes is 1. The monoisotopic (exact) mass is 1020 g/mol. The molecular formula is C56H57F2N9O8. The first-order valence-electron chi connectivity index (χ1n) is 25.9. The van der Waals surface area contributed by atoms with Gasteiger partial charge in [0, 0.05) is 74.4 Å². The molecule has 5 amide bonds. The zero-order valence-corrected chi connectivity index (χ0v) is 41.4. The van der Waals surface area contributed by atoms with E-state index in [1.54, 1.807) is 12.1 Å². The second kappa shape index (κ2) is 20.4. The average Bonchev–Trinajstić information content (AvgIpc) is 4.10. The van der Waals surface area contributed by atoms with Crippen LogP contribution in [-0.4, -0.2) is 129 Å². The Labute approximate surface area is 431 Å². The number of phenols is 1. The SMILES string of the molecule is C#Cc1c(F)ccc2cc(O)cc(-c3ncc4c(N5CC6CCC(C5)N6)nc(OCC56CCC(COCCCCCCCC(=O)Nc7cccc8c7C(=O)N(C7CCC(=O)NC7=O)C8=O)N5CC(=C)C6)nc4c3F)c12. The number of halogens is 2. The summed E-state index contributed by atoms with van der Waals surface area (Å²) in [5.41, 5.74) is 0.978. The van der Waals surface area contributed by atoms with Gasteiger partial charge in [-0.25, -0.2) is 8.78 Å². The van der Waals surface area contributed by atoms with Gasteiger partial charge in [0.15, 0.2) is 5.82 Å². The largest absolute Gasteiger partial charge is 0.508 e. The topological polar surface area (TPSA) is 209 Å². The highest BCUT2D eigenvalue weighted by atomic mass is 19.1. The molecule has 5 saturated heterocycles. The van der Waals surface area contributed by atoms with Gasteiger partial charge in [0.1, 0.15) is 41.2 Å². The van der Waals surface area contributed by atoms with Crippen molar-refractivity contribution in [1.29, 1.82) is 0 Å². The predicted octanol–water partition coefficient (Wildman–Crippen LogP) is 6.69.